The summed E-state index contributed by atoms with van der Waals surface area (Å²) in [6, 6.07) is 23.7. The summed E-state index contributed by atoms with van der Waals surface area (Å²) < 4.78 is 33.2. The zero-order chi connectivity index (χ0) is 25.4. The molecule has 36 heavy (non-hydrogen) atoms. The number of rotatable bonds is 5. The van der Waals surface area contributed by atoms with Crippen molar-refractivity contribution in [2.75, 3.05) is 5.32 Å². The second-order valence-corrected chi connectivity index (χ2v) is 9.86. The summed E-state index contributed by atoms with van der Waals surface area (Å²) in [5, 5.41) is 2.98. The van der Waals surface area contributed by atoms with Gasteiger partial charge in [0.1, 0.15) is 5.69 Å². The highest BCUT2D eigenvalue weighted by Crippen LogP contribution is 2.25. The summed E-state index contributed by atoms with van der Waals surface area (Å²) in [7, 11) is -2.29. The van der Waals surface area contributed by atoms with Crippen molar-refractivity contribution in [1.29, 1.82) is 0 Å². The molecule has 3 aromatic carbocycles. The number of Topliss-reactive ketones (excluding diaryl/α,β-unsaturated/α-hetero) is 1. The van der Waals surface area contributed by atoms with Crippen LogP contribution in [0.25, 0.3) is 5.69 Å². The first-order chi connectivity index (χ1) is 17.3. The topological polar surface area (TPSA) is 103 Å². The molecule has 1 heterocycles. The lowest BCUT2D eigenvalue weighted by Crippen LogP contribution is -2.25. The molecule has 0 spiro atoms. The minimum atomic E-state index is -4.04. The van der Waals surface area contributed by atoms with Gasteiger partial charge in [-0.25, -0.2) is 4.68 Å². The van der Waals surface area contributed by atoms with E-state index in [4.69, 9.17) is 0 Å². The predicted octanol–water partition coefficient (Wildman–Crippen LogP) is 3.85. The van der Waals surface area contributed by atoms with Gasteiger partial charge < -0.3 is 5.32 Å². The SMILES string of the molecule is Cc1c(NC2=C/C(=N\S(=O)(=O)c3ccccc3)c3ccccc3C2=O)c(=O)n(-c2ccccc2)n1C. The number of ketones is 1. The first-order valence-corrected chi connectivity index (χ1v) is 12.6. The molecule has 1 N–H and O–H groups in total. The monoisotopic (exact) mass is 498 g/mol. The van der Waals surface area contributed by atoms with E-state index in [0.717, 1.165) is 0 Å². The average molecular weight is 499 g/mol. The first kappa shape index (κ1) is 23.3. The number of fused-ring (bicyclic) bond motifs is 1. The Morgan fingerprint density at radius 2 is 1.39 bits per heavy atom. The number of hydrogen-bond acceptors (Lipinski definition) is 5. The van der Waals surface area contributed by atoms with Crippen LogP contribution in [0.15, 0.2) is 111 Å². The number of carbonyl (C=O) groups excluding carboxylic acids is 1. The van der Waals surface area contributed by atoms with Gasteiger partial charge in [0.2, 0.25) is 5.78 Å². The molecule has 180 valence electrons. The number of sulfonamides is 1. The standard InChI is InChI=1S/C27H22N4O4S/c1-18-25(27(33)31(30(18)2)19-11-5-3-6-12-19)28-24-17-23(21-15-9-10-16-22(21)26(24)32)29-36(34,35)20-13-7-4-8-14-20/h3-17,28H,1-2H3/b29-23+. The van der Waals surface area contributed by atoms with E-state index < -0.39 is 10.0 Å². The Hall–Kier alpha value is -4.50. The molecule has 4 aromatic rings. The van der Waals surface area contributed by atoms with Crippen LogP contribution in [-0.4, -0.2) is 29.3 Å². The van der Waals surface area contributed by atoms with Gasteiger partial charge in [-0.1, -0.05) is 60.7 Å². The molecule has 0 amide bonds. The van der Waals surface area contributed by atoms with Crippen LogP contribution in [0.1, 0.15) is 21.6 Å². The summed E-state index contributed by atoms with van der Waals surface area (Å²) in [4.78, 5) is 26.7. The zero-order valence-electron chi connectivity index (χ0n) is 19.5. The van der Waals surface area contributed by atoms with E-state index in [1.165, 1.54) is 22.9 Å². The van der Waals surface area contributed by atoms with Crippen LogP contribution in [-0.2, 0) is 17.1 Å². The number of anilines is 1. The van der Waals surface area contributed by atoms with E-state index in [1.807, 2.05) is 30.3 Å². The second kappa shape index (κ2) is 8.94. The predicted molar refractivity (Wildman–Crippen MR) is 138 cm³/mol. The lowest BCUT2D eigenvalue weighted by molar-refractivity contribution is 0.103. The molecule has 0 fully saturated rings. The van der Waals surface area contributed by atoms with Gasteiger partial charge in [0.05, 0.1) is 27.7 Å². The van der Waals surface area contributed by atoms with Crippen LogP contribution in [0.4, 0.5) is 5.69 Å². The molecule has 5 rings (SSSR count). The van der Waals surface area contributed by atoms with E-state index in [0.29, 0.717) is 22.5 Å². The summed E-state index contributed by atoms with van der Waals surface area (Å²) in [5.41, 5.74) is 2.00. The molecule has 0 unspecified atom stereocenters. The van der Waals surface area contributed by atoms with Crippen molar-refractivity contribution in [2.24, 2.45) is 11.4 Å². The molecule has 0 radical (unpaired) electrons. The van der Waals surface area contributed by atoms with Gasteiger partial charge in [-0.2, -0.15) is 12.8 Å². The lowest BCUT2D eigenvalue weighted by Gasteiger charge is -2.18. The first-order valence-electron chi connectivity index (χ1n) is 11.1. The average Bonchev–Trinajstić information content (AvgIpc) is 3.10. The summed E-state index contributed by atoms with van der Waals surface area (Å²) >= 11 is 0. The Kier molecular flexibility index (Phi) is 5.77. The van der Waals surface area contributed by atoms with Gasteiger partial charge in [-0.05, 0) is 37.3 Å². The molecule has 8 nitrogen and oxygen atoms in total. The van der Waals surface area contributed by atoms with Gasteiger partial charge >= 0.3 is 0 Å². The van der Waals surface area contributed by atoms with Crippen LogP contribution in [0, 0.1) is 6.92 Å². The Bertz CT molecular complexity index is 1710. The zero-order valence-corrected chi connectivity index (χ0v) is 20.4. The lowest BCUT2D eigenvalue weighted by atomic mass is 9.92. The Balaban J connectivity index is 1.63. The van der Waals surface area contributed by atoms with Crippen molar-refractivity contribution in [3.8, 4) is 5.69 Å². The number of nitrogens with one attached hydrogen (secondary N) is 1. The maximum Gasteiger partial charge on any atom is 0.295 e. The number of hydrogen-bond donors (Lipinski definition) is 1. The van der Waals surface area contributed by atoms with Crippen molar-refractivity contribution >= 4 is 27.2 Å². The van der Waals surface area contributed by atoms with Crippen LogP contribution in [0.3, 0.4) is 0 Å². The third-order valence-electron chi connectivity index (χ3n) is 6.05. The number of para-hydroxylation sites is 1. The van der Waals surface area contributed by atoms with Crippen LogP contribution in [0.2, 0.25) is 0 Å². The Labute approximate surface area is 207 Å². The molecule has 1 aromatic heterocycles. The molecule has 0 saturated heterocycles. The van der Waals surface area contributed by atoms with E-state index in [1.54, 1.807) is 61.1 Å². The van der Waals surface area contributed by atoms with Gasteiger partial charge in [0.15, 0.2) is 0 Å². The number of nitrogens with zero attached hydrogens (tertiary/aromatic N) is 3. The van der Waals surface area contributed by atoms with Crippen molar-refractivity contribution in [3.05, 3.63) is 124 Å². The highest BCUT2D eigenvalue weighted by atomic mass is 32.2. The van der Waals surface area contributed by atoms with Gasteiger partial charge in [-0.3, -0.25) is 14.3 Å². The number of aromatic nitrogens is 2. The summed E-state index contributed by atoms with van der Waals surface area (Å²) in [5.74, 6) is -0.365. The van der Waals surface area contributed by atoms with E-state index in [9.17, 15) is 18.0 Å². The fourth-order valence-corrected chi connectivity index (χ4v) is 5.14. The minimum absolute atomic E-state index is 0.0411. The molecule has 1 aliphatic carbocycles. The molecule has 0 saturated carbocycles. The number of carbonyl (C=O) groups is 1. The van der Waals surface area contributed by atoms with Crippen LogP contribution in [0.5, 0.6) is 0 Å². The summed E-state index contributed by atoms with van der Waals surface area (Å²) in [6.07, 6.45) is 1.38. The fourth-order valence-electron chi connectivity index (χ4n) is 4.12. The molecule has 1 aliphatic rings. The maximum absolute atomic E-state index is 13.3. The maximum atomic E-state index is 13.3. The summed E-state index contributed by atoms with van der Waals surface area (Å²) in [6.45, 7) is 1.76. The van der Waals surface area contributed by atoms with Crippen molar-refractivity contribution in [3.63, 3.8) is 0 Å². The fraction of sp³-hybridized carbons (Fsp3) is 0.0741. The number of benzene rings is 3. The van der Waals surface area contributed by atoms with Gasteiger partial charge in [0, 0.05) is 18.2 Å². The molecule has 0 atom stereocenters. The molecule has 0 aliphatic heterocycles. The van der Waals surface area contributed by atoms with E-state index >= 15 is 0 Å². The van der Waals surface area contributed by atoms with Crippen molar-refractivity contribution in [2.45, 2.75) is 11.8 Å². The van der Waals surface area contributed by atoms with E-state index in [2.05, 4.69) is 9.71 Å². The largest absolute Gasteiger partial charge is 0.346 e. The third kappa shape index (κ3) is 3.99. The second-order valence-electron chi connectivity index (χ2n) is 8.26. The highest BCUT2D eigenvalue weighted by molar-refractivity contribution is 7.90. The van der Waals surface area contributed by atoms with Crippen molar-refractivity contribution < 1.29 is 13.2 Å². The molecular weight excluding hydrogens is 476 g/mol. The molecule has 0 bridgehead atoms. The number of allylic oxidation sites excluding steroid dienone is 2. The molecular formula is C27H22N4O4S. The quantitative estimate of drug-likeness (QED) is 0.450. The minimum Gasteiger partial charge on any atom is -0.346 e. The van der Waals surface area contributed by atoms with E-state index in [-0.39, 0.29) is 33.3 Å². The van der Waals surface area contributed by atoms with Crippen LogP contribution >= 0.6 is 0 Å². The van der Waals surface area contributed by atoms with Crippen molar-refractivity contribution in [1.82, 2.24) is 9.36 Å². The highest BCUT2D eigenvalue weighted by Gasteiger charge is 2.28. The molecule has 9 heteroatoms. The Morgan fingerprint density at radius 1 is 0.806 bits per heavy atom. The van der Waals surface area contributed by atoms with Crippen LogP contribution < -0.4 is 10.9 Å². The normalized spacial score (nSPS) is 14.4. The third-order valence-corrected chi connectivity index (χ3v) is 7.35. The Morgan fingerprint density at radius 3 is 2.06 bits per heavy atom. The smallest absolute Gasteiger partial charge is 0.295 e. The van der Waals surface area contributed by atoms with Gasteiger partial charge in [0.25, 0.3) is 15.6 Å². The van der Waals surface area contributed by atoms with Gasteiger partial charge in [-0.15, -0.1) is 0 Å².